The lowest BCUT2D eigenvalue weighted by Gasteiger charge is -2.19. The molecule has 0 bridgehead atoms. The molecule has 0 aliphatic heterocycles. The Morgan fingerprint density at radius 1 is 1.35 bits per heavy atom. The minimum atomic E-state index is -0.929. The number of rotatable bonds is 4. The number of amides is 2. The summed E-state index contributed by atoms with van der Waals surface area (Å²) in [7, 11) is 0. The van der Waals surface area contributed by atoms with E-state index in [1.54, 1.807) is 12.1 Å². The second kappa shape index (κ2) is 6.70. The number of hydrogen-bond acceptors (Lipinski definition) is 3. The molecule has 6 heteroatoms. The Hall–Kier alpha value is -2.37. The van der Waals surface area contributed by atoms with Gasteiger partial charge in [-0.25, -0.2) is 4.79 Å². The number of anilines is 1. The van der Waals surface area contributed by atoms with Crippen molar-refractivity contribution in [2.24, 2.45) is 0 Å². The minimum Gasteiger partial charge on any atom is -0.481 e. The molecule has 1 aliphatic rings. The van der Waals surface area contributed by atoms with Crippen molar-refractivity contribution in [2.75, 3.05) is 5.32 Å². The Balaban J connectivity index is 1.84. The molecule has 20 heavy (non-hydrogen) atoms. The molecule has 1 aliphatic carbocycles. The van der Waals surface area contributed by atoms with Gasteiger partial charge in [0.2, 0.25) is 0 Å². The molecule has 0 spiro atoms. The van der Waals surface area contributed by atoms with E-state index in [1.165, 1.54) is 6.20 Å². The predicted molar refractivity (Wildman–Crippen MR) is 74.5 cm³/mol. The summed E-state index contributed by atoms with van der Waals surface area (Å²) in [4.78, 5) is 26.3. The number of carbonyl (C=O) groups is 2. The highest BCUT2D eigenvalue weighted by Crippen LogP contribution is 2.11. The van der Waals surface area contributed by atoms with Gasteiger partial charge in [0.15, 0.2) is 0 Å². The van der Waals surface area contributed by atoms with Gasteiger partial charge in [0.05, 0.1) is 24.0 Å². The van der Waals surface area contributed by atoms with Gasteiger partial charge in [-0.15, -0.1) is 0 Å². The summed E-state index contributed by atoms with van der Waals surface area (Å²) in [6.07, 6.45) is 8.29. The monoisotopic (exact) mass is 275 g/mol. The molecule has 0 aromatic carbocycles. The Kier molecular flexibility index (Phi) is 4.70. The van der Waals surface area contributed by atoms with Crippen LogP contribution < -0.4 is 10.6 Å². The second-order valence-electron chi connectivity index (χ2n) is 4.69. The molecule has 2 rings (SSSR count). The fraction of sp³-hybridized carbons (Fsp3) is 0.357. The van der Waals surface area contributed by atoms with Crippen molar-refractivity contribution in [3.05, 3.63) is 36.2 Å². The first-order chi connectivity index (χ1) is 9.63. The Labute approximate surface area is 116 Å². The summed E-state index contributed by atoms with van der Waals surface area (Å²) in [6.45, 7) is 0. The van der Waals surface area contributed by atoms with Crippen molar-refractivity contribution in [2.45, 2.75) is 31.7 Å². The highest BCUT2D eigenvalue weighted by Gasteiger charge is 2.12. The number of carboxylic acid groups (broad SMARTS) is 1. The number of urea groups is 1. The minimum absolute atomic E-state index is 0.124. The highest BCUT2D eigenvalue weighted by molar-refractivity contribution is 5.89. The standard InChI is InChI=1S/C14H17N3O3/c18-13(19)8-11-6-7-12(9-15-11)17-14(20)16-10-4-2-1-3-5-10/h1-2,6-7,9-10H,3-5,8H2,(H,18,19)(H2,16,17,20). The average molecular weight is 275 g/mol. The molecule has 1 heterocycles. The van der Waals surface area contributed by atoms with Crippen LogP contribution >= 0.6 is 0 Å². The maximum Gasteiger partial charge on any atom is 0.319 e. The van der Waals surface area contributed by atoms with Crippen molar-refractivity contribution in [1.82, 2.24) is 10.3 Å². The quantitative estimate of drug-likeness (QED) is 0.732. The van der Waals surface area contributed by atoms with Crippen molar-refractivity contribution in [3.8, 4) is 0 Å². The van der Waals surface area contributed by atoms with E-state index in [1.807, 2.05) is 0 Å². The normalized spacial score (nSPS) is 17.5. The van der Waals surface area contributed by atoms with E-state index < -0.39 is 5.97 Å². The smallest absolute Gasteiger partial charge is 0.319 e. The van der Waals surface area contributed by atoms with Crippen molar-refractivity contribution in [3.63, 3.8) is 0 Å². The van der Waals surface area contributed by atoms with Crippen LogP contribution in [0.25, 0.3) is 0 Å². The third-order valence-corrected chi connectivity index (χ3v) is 3.02. The topological polar surface area (TPSA) is 91.3 Å². The van der Waals surface area contributed by atoms with E-state index in [2.05, 4.69) is 27.8 Å². The van der Waals surface area contributed by atoms with E-state index in [9.17, 15) is 9.59 Å². The van der Waals surface area contributed by atoms with Crippen LogP contribution in [0.3, 0.4) is 0 Å². The molecule has 0 radical (unpaired) electrons. The molecule has 2 amide bonds. The van der Waals surface area contributed by atoms with Gasteiger partial charge < -0.3 is 15.7 Å². The average Bonchev–Trinajstić information content (AvgIpc) is 2.41. The fourth-order valence-electron chi connectivity index (χ4n) is 2.04. The molecule has 1 unspecified atom stereocenters. The summed E-state index contributed by atoms with van der Waals surface area (Å²) in [5, 5.41) is 14.2. The zero-order valence-corrected chi connectivity index (χ0v) is 11.0. The van der Waals surface area contributed by atoms with Gasteiger partial charge in [0, 0.05) is 6.04 Å². The number of carbonyl (C=O) groups excluding carboxylic acids is 1. The molecule has 6 nitrogen and oxygen atoms in total. The highest BCUT2D eigenvalue weighted by atomic mass is 16.4. The number of hydrogen-bond donors (Lipinski definition) is 3. The Bertz CT molecular complexity index is 511. The largest absolute Gasteiger partial charge is 0.481 e. The zero-order chi connectivity index (χ0) is 14.4. The SMILES string of the molecule is O=C(O)Cc1ccc(NC(=O)NC2CC=CCC2)cn1. The summed E-state index contributed by atoms with van der Waals surface area (Å²) >= 11 is 0. The van der Waals surface area contributed by atoms with Crippen LogP contribution in [-0.2, 0) is 11.2 Å². The predicted octanol–water partition coefficient (Wildman–Crippen LogP) is 1.94. The maximum absolute atomic E-state index is 11.8. The van der Waals surface area contributed by atoms with Gasteiger partial charge in [-0.05, 0) is 31.4 Å². The number of carboxylic acids is 1. The van der Waals surface area contributed by atoms with Crippen LogP contribution in [0.15, 0.2) is 30.5 Å². The first kappa shape index (κ1) is 14.0. The van der Waals surface area contributed by atoms with E-state index >= 15 is 0 Å². The summed E-state index contributed by atoms with van der Waals surface area (Å²) in [5.41, 5.74) is 1.00. The second-order valence-corrected chi connectivity index (χ2v) is 4.69. The van der Waals surface area contributed by atoms with Crippen LogP contribution in [0.5, 0.6) is 0 Å². The summed E-state index contributed by atoms with van der Waals surface area (Å²) in [6, 6.07) is 3.14. The molecule has 1 aromatic heterocycles. The number of nitrogens with one attached hydrogen (secondary N) is 2. The third-order valence-electron chi connectivity index (χ3n) is 3.02. The van der Waals surface area contributed by atoms with E-state index in [0.717, 1.165) is 19.3 Å². The lowest BCUT2D eigenvalue weighted by Crippen LogP contribution is -2.38. The molecule has 0 fully saturated rings. The zero-order valence-electron chi connectivity index (χ0n) is 11.0. The van der Waals surface area contributed by atoms with Gasteiger partial charge in [-0.1, -0.05) is 12.2 Å². The third kappa shape index (κ3) is 4.38. The Morgan fingerprint density at radius 3 is 2.80 bits per heavy atom. The lowest BCUT2D eigenvalue weighted by atomic mass is 10.0. The van der Waals surface area contributed by atoms with Gasteiger partial charge in [-0.2, -0.15) is 0 Å². The number of allylic oxidation sites excluding steroid dienone is 1. The van der Waals surface area contributed by atoms with E-state index in [-0.39, 0.29) is 18.5 Å². The molecular formula is C14H17N3O3. The molecule has 0 saturated carbocycles. The first-order valence-electron chi connectivity index (χ1n) is 6.53. The lowest BCUT2D eigenvalue weighted by molar-refractivity contribution is -0.136. The fourth-order valence-corrected chi connectivity index (χ4v) is 2.04. The molecule has 106 valence electrons. The molecule has 1 aromatic rings. The van der Waals surface area contributed by atoms with Gasteiger partial charge in [-0.3, -0.25) is 9.78 Å². The van der Waals surface area contributed by atoms with Crippen molar-refractivity contribution in [1.29, 1.82) is 0 Å². The van der Waals surface area contributed by atoms with Crippen LogP contribution in [-0.4, -0.2) is 28.1 Å². The van der Waals surface area contributed by atoms with Crippen LogP contribution in [0.1, 0.15) is 25.0 Å². The molecule has 1 atom stereocenters. The first-order valence-corrected chi connectivity index (χ1v) is 6.53. The van der Waals surface area contributed by atoms with Crippen LogP contribution in [0, 0.1) is 0 Å². The van der Waals surface area contributed by atoms with Crippen LogP contribution in [0.4, 0.5) is 10.5 Å². The maximum atomic E-state index is 11.8. The number of aliphatic carboxylic acids is 1. The van der Waals surface area contributed by atoms with E-state index in [4.69, 9.17) is 5.11 Å². The number of aromatic nitrogens is 1. The van der Waals surface area contributed by atoms with Gasteiger partial charge >= 0.3 is 12.0 Å². The van der Waals surface area contributed by atoms with Crippen LogP contribution in [0.2, 0.25) is 0 Å². The number of pyridine rings is 1. The van der Waals surface area contributed by atoms with Gasteiger partial charge in [0.25, 0.3) is 0 Å². The molecular weight excluding hydrogens is 258 g/mol. The molecule has 3 N–H and O–H groups in total. The summed E-state index contributed by atoms with van der Waals surface area (Å²) < 4.78 is 0. The van der Waals surface area contributed by atoms with Crippen molar-refractivity contribution >= 4 is 17.7 Å². The molecule has 0 saturated heterocycles. The summed E-state index contributed by atoms with van der Waals surface area (Å²) in [5.74, 6) is -0.929. The van der Waals surface area contributed by atoms with E-state index in [0.29, 0.717) is 11.4 Å². The van der Waals surface area contributed by atoms with Crippen molar-refractivity contribution < 1.29 is 14.7 Å². The number of nitrogens with zero attached hydrogens (tertiary/aromatic N) is 1. The van der Waals surface area contributed by atoms with Gasteiger partial charge in [0.1, 0.15) is 0 Å². The Morgan fingerprint density at radius 2 is 2.20 bits per heavy atom.